The molecule has 5 nitrogen and oxygen atoms in total. The van der Waals surface area contributed by atoms with Gasteiger partial charge in [-0.2, -0.15) is 0 Å². The lowest BCUT2D eigenvalue weighted by atomic mass is 10.1. The topological polar surface area (TPSA) is 64.6 Å². The van der Waals surface area contributed by atoms with Crippen LogP contribution in [0, 0.1) is 5.92 Å². The van der Waals surface area contributed by atoms with Crippen molar-refractivity contribution in [2.75, 3.05) is 12.4 Å². The number of carbonyl (C=O) groups excluding carboxylic acids is 2. The van der Waals surface area contributed by atoms with Crippen molar-refractivity contribution < 1.29 is 19.1 Å². The van der Waals surface area contributed by atoms with E-state index >= 15 is 0 Å². The first-order chi connectivity index (χ1) is 11.5. The molecular weight excluding hydrogens is 306 g/mol. The number of amides is 1. The van der Waals surface area contributed by atoms with Crippen molar-refractivity contribution in [2.45, 2.75) is 20.0 Å². The summed E-state index contributed by atoms with van der Waals surface area (Å²) in [6.45, 7) is 3.45. The summed E-state index contributed by atoms with van der Waals surface area (Å²) >= 11 is 0. The maximum absolute atomic E-state index is 12.6. The van der Waals surface area contributed by atoms with Crippen LogP contribution < -0.4 is 10.1 Å². The summed E-state index contributed by atoms with van der Waals surface area (Å²) in [5.74, 6) is -0.530. The maximum Gasteiger partial charge on any atom is 0.309 e. The Labute approximate surface area is 141 Å². The second kappa shape index (κ2) is 8.15. The molecule has 0 aliphatic heterocycles. The lowest BCUT2D eigenvalue weighted by Crippen LogP contribution is -2.27. The van der Waals surface area contributed by atoms with E-state index in [1.165, 1.54) is 0 Å². The van der Waals surface area contributed by atoms with Crippen molar-refractivity contribution in [1.29, 1.82) is 0 Å². The van der Waals surface area contributed by atoms with Gasteiger partial charge in [0, 0.05) is 17.3 Å². The largest absolute Gasteiger partial charge is 0.497 e. The van der Waals surface area contributed by atoms with Gasteiger partial charge in [-0.1, -0.05) is 50.2 Å². The van der Waals surface area contributed by atoms with Crippen LogP contribution >= 0.6 is 0 Å². The van der Waals surface area contributed by atoms with E-state index in [1.807, 2.05) is 6.07 Å². The zero-order chi connectivity index (χ0) is 17.5. The van der Waals surface area contributed by atoms with E-state index in [2.05, 4.69) is 5.32 Å². The molecule has 24 heavy (non-hydrogen) atoms. The molecule has 0 fully saturated rings. The van der Waals surface area contributed by atoms with Crippen molar-refractivity contribution in [3.05, 3.63) is 60.2 Å². The molecule has 0 aromatic heterocycles. The molecule has 1 amide bonds. The van der Waals surface area contributed by atoms with E-state index < -0.39 is 18.0 Å². The summed E-state index contributed by atoms with van der Waals surface area (Å²) in [6.07, 6.45) is -1.01. The third-order valence-electron chi connectivity index (χ3n) is 3.38. The van der Waals surface area contributed by atoms with E-state index in [9.17, 15) is 9.59 Å². The van der Waals surface area contributed by atoms with Crippen molar-refractivity contribution in [3.63, 3.8) is 0 Å². The van der Waals surface area contributed by atoms with Crippen molar-refractivity contribution in [3.8, 4) is 5.75 Å². The van der Waals surface area contributed by atoms with Gasteiger partial charge in [0.15, 0.2) is 0 Å². The number of anilines is 1. The van der Waals surface area contributed by atoms with Gasteiger partial charge >= 0.3 is 5.97 Å². The number of hydrogen-bond donors (Lipinski definition) is 1. The number of ether oxygens (including phenoxy) is 2. The molecule has 0 radical (unpaired) electrons. The van der Waals surface area contributed by atoms with Crippen LogP contribution in [0.3, 0.4) is 0 Å². The van der Waals surface area contributed by atoms with Gasteiger partial charge in [-0.25, -0.2) is 0 Å². The molecule has 0 unspecified atom stereocenters. The average Bonchev–Trinajstić information content (AvgIpc) is 2.60. The number of rotatable bonds is 6. The molecule has 1 atom stereocenters. The number of hydrogen-bond acceptors (Lipinski definition) is 4. The number of methoxy groups -OCH3 is 1. The van der Waals surface area contributed by atoms with Gasteiger partial charge in [-0.3, -0.25) is 9.59 Å². The van der Waals surface area contributed by atoms with Crippen LogP contribution in [0.25, 0.3) is 0 Å². The molecule has 0 aliphatic rings. The summed E-state index contributed by atoms with van der Waals surface area (Å²) in [4.78, 5) is 24.6. The summed E-state index contributed by atoms with van der Waals surface area (Å²) in [5.41, 5.74) is 1.19. The molecule has 0 bridgehead atoms. The first-order valence-electron chi connectivity index (χ1n) is 7.71. The fourth-order valence-electron chi connectivity index (χ4n) is 2.06. The summed E-state index contributed by atoms with van der Waals surface area (Å²) in [5, 5.41) is 2.76. The summed E-state index contributed by atoms with van der Waals surface area (Å²) in [7, 11) is 1.55. The molecule has 5 heteroatoms. The standard InChI is InChI=1S/C19H21NO4/c1-13(2)19(22)24-17(14-8-5-4-6-9-14)18(21)20-15-10-7-11-16(12-15)23-3/h4-13,17H,1-3H3,(H,20,21)/t17-/m1/s1. The normalized spacial score (nSPS) is 11.7. The zero-order valence-corrected chi connectivity index (χ0v) is 14.0. The SMILES string of the molecule is COc1cccc(NC(=O)[C@H](OC(=O)C(C)C)c2ccccc2)c1. The third kappa shape index (κ3) is 4.59. The molecule has 126 valence electrons. The van der Waals surface area contributed by atoms with Gasteiger partial charge in [0.1, 0.15) is 5.75 Å². The lowest BCUT2D eigenvalue weighted by Gasteiger charge is -2.19. The third-order valence-corrected chi connectivity index (χ3v) is 3.38. The first kappa shape index (κ1) is 17.5. The molecular formula is C19H21NO4. The quantitative estimate of drug-likeness (QED) is 0.824. The molecule has 0 saturated carbocycles. The molecule has 0 aliphatic carbocycles. The molecule has 2 rings (SSSR count). The van der Waals surface area contributed by atoms with Crippen LogP contribution in [0.15, 0.2) is 54.6 Å². The maximum atomic E-state index is 12.6. The minimum absolute atomic E-state index is 0.319. The Morgan fingerprint density at radius 1 is 1.00 bits per heavy atom. The molecule has 0 heterocycles. The minimum atomic E-state index is -1.01. The van der Waals surface area contributed by atoms with Crippen molar-refractivity contribution >= 4 is 17.6 Å². The summed E-state index contributed by atoms with van der Waals surface area (Å²) in [6, 6.07) is 15.9. The predicted octanol–water partition coefficient (Wildman–Crippen LogP) is 3.57. The number of carbonyl (C=O) groups is 2. The minimum Gasteiger partial charge on any atom is -0.497 e. The Morgan fingerprint density at radius 2 is 1.71 bits per heavy atom. The lowest BCUT2D eigenvalue weighted by molar-refractivity contribution is -0.157. The second-order valence-corrected chi connectivity index (χ2v) is 5.60. The Bertz CT molecular complexity index is 698. The van der Waals surface area contributed by atoms with Gasteiger partial charge in [-0.05, 0) is 12.1 Å². The highest BCUT2D eigenvalue weighted by Gasteiger charge is 2.26. The van der Waals surface area contributed by atoms with E-state index in [0.717, 1.165) is 0 Å². The van der Waals surface area contributed by atoms with Gasteiger partial charge < -0.3 is 14.8 Å². The number of benzene rings is 2. The van der Waals surface area contributed by atoms with Crippen molar-refractivity contribution in [1.82, 2.24) is 0 Å². The molecule has 1 N–H and O–H groups in total. The van der Waals surface area contributed by atoms with Crippen molar-refractivity contribution in [2.24, 2.45) is 5.92 Å². The van der Waals surface area contributed by atoms with E-state index in [0.29, 0.717) is 17.0 Å². The van der Waals surface area contributed by atoms with E-state index in [1.54, 1.807) is 69.5 Å². The van der Waals surface area contributed by atoms with Gasteiger partial charge in [-0.15, -0.1) is 0 Å². The Balaban J connectivity index is 2.22. The van der Waals surface area contributed by atoms with E-state index in [4.69, 9.17) is 9.47 Å². The van der Waals surface area contributed by atoms with Gasteiger partial charge in [0.2, 0.25) is 6.10 Å². The Morgan fingerprint density at radius 3 is 2.33 bits per heavy atom. The highest BCUT2D eigenvalue weighted by atomic mass is 16.5. The first-order valence-corrected chi connectivity index (χ1v) is 7.71. The average molecular weight is 327 g/mol. The summed E-state index contributed by atoms with van der Waals surface area (Å²) < 4.78 is 10.5. The Hall–Kier alpha value is -2.82. The number of esters is 1. The predicted molar refractivity (Wildman–Crippen MR) is 91.7 cm³/mol. The molecule has 0 spiro atoms. The van der Waals surface area contributed by atoms with Crippen LogP contribution in [-0.2, 0) is 14.3 Å². The zero-order valence-electron chi connectivity index (χ0n) is 14.0. The highest BCUT2D eigenvalue weighted by molar-refractivity contribution is 5.96. The monoisotopic (exact) mass is 327 g/mol. The fraction of sp³-hybridized carbons (Fsp3) is 0.263. The smallest absolute Gasteiger partial charge is 0.309 e. The van der Waals surface area contributed by atoms with Crippen LogP contribution in [0.2, 0.25) is 0 Å². The van der Waals surface area contributed by atoms with Crippen LogP contribution in [0.5, 0.6) is 5.75 Å². The van der Waals surface area contributed by atoms with Crippen LogP contribution in [0.1, 0.15) is 25.5 Å². The molecule has 2 aromatic rings. The van der Waals surface area contributed by atoms with Gasteiger partial charge in [0.05, 0.1) is 13.0 Å². The number of nitrogens with one attached hydrogen (secondary N) is 1. The van der Waals surface area contributed by atoms with E-state index in [-0.39, 0.29) is 5.92 Å². The van der Waals surface area contributed by atoms with Crippen LogP contribution in [-0.4, -0.2) is 19.0 Å². The second-order valence-electron chi connectivity index (χ2n) is 5.60. The highest BCUT2D eigenvalue weighted by Crippen LogP contribution is 2.23. The molecule has 0 saturated heterocycles. The van der Waals surface area contributed by atoms with Gasteiger partial charge in [0.25, 0.3) is 5.91 Å². The molecule has 2 aromatic carbocycles. The Kier molecular flexibility index (Phi) is 5.95. The van der Waals surface area contributed by atoms with Crippen LogP contribution in [0.4, 0.5) is 5.69 Å². The fourth-order valence-corrected chi connectivity index (χ4v) is 2.06.